The molecule has 5 heterocycles. The van der Waals surface area contributed by atoms with Crippen molar-refractivity contribution in [3.05, 3.63) is 82.4 Å². The molecule has 45 heavy (non-hydrogen) atoms. The van der Waals surface area contributed by atoms with Gasteiger partial charge in [-0.3, -0.25) is 9.20 Å². The maximum Gasteiger partial charge on any atom is 0.452 e. The average Bonchev–Trinajstić information content (AvgIpc) is 3.41. The van der Waals surface area contributed by atoms with E-state index in [0.717, 1.165) is 34.8 Å². The van der Waals surface area contributed by atoms with Crippen LogP contribution in [0.15, 0.2) is 53.7 Å². The lowest BCUT2D eigenvalue weighted by Crippen LogP contribution is -2.55. The van der Waals surface area contributed by atoms with Gasteiger partial charge in [0.05, 0.1) is 5.54 Å². The van der Waals surface area contributed by atoms with Gasteiger partial charge in [0.25, 0.3) is 0 Å². The van der Waals surface area contributed by atoms with Crippen molar-refractivity contribution in [3.8, 4) is 0 Å². The number of carbonyl (C=O) groups excluding carboxylic acids is 1. The molecule has 4 aromatic rings. The van der Waals surface area contributed by atoms with Crippen molar-refractivity contribution >= 4 is 27.4 Å². The van der Waals surface area contributed by atoms with Gasteiger partial charge < -0.3 is 10.6 Å². The number of nitrogens with two attached hydrogens (primary N) is 1. The first-order valence-electron chi connectivity index (χ1n) is 14.7. The van der Waals surface area contributed by atoms with Crippen LogP contribution >= 0.6 is 0 Å². The Morgan fingerprint density at radius 3 is 2.64 bits per heavy atom. The number of hydrogen-bond acceptors (Lipinski definition) is 7. The van der Waals surface area contributed by atoms with Gasteiger partial charge in [-0.2, -0.15) is 17.5 Å². The van der Waals surface area contributed by atoms with Gasteiger partial charge in [0.1, 0.15) is 10.7 Å². The third kappa shape index (κ3) is 5.43. The zero-order valence-corrected chi connectivity index (χ0v) is 26.0. The number of aromatic nitrogens is 4. The Hall–Kier alpha value is -4.04. The quantitative estimate of drug-likeness (QED) is 0.323. The van der Waals surface area contributed by atoms with Crippen molar-refractivity contribution in [2.75, 3.05) is 18.0 Å². The highest BCUT2D eigenvalue weighted by molar-refractivity contribution is 7.89. The molecule has 0 spiro atoms. The van der Waals surface area contributed by atoms with Crippen LogP contribution in [0.25, 0.3) is 5.65 Å². The van der Waals surface area contributed by atoms with Gasteiger partial charge in [0.2, 0.25) is 21.8 Å². The molecule has 3 aromatic heterocycles. The third-order valence-electron chi connectivity index (χ3n) is 9.16. The third-order valence-corrected chi connectivity index (χ3v) is 11.0. The monoisotopic (exact) mass is 641 g/mol. The van der Waals surface area contributed by atoms with E-state index in [2.05, 4.69) is 27.0 Å². The number of hydrogen-bond donors (Lipinski definition) is 1. The molecule has 2 aliphatic heterocycles. The maximum atomic E-state index is 14.2. The van der Waals surface area contributed by atoms with Crippen molar-refractivity contribution in [2.24, 2.45) is 5.73 Å². The van der Waals surface area contributed by atoms with Gasteiger partial charge >= 0.3 is 6.18 Å². The molecule has 1 amide bonds. The van der Waals surface area contributed by atoms with E-state index >= 15 is 0 Å². The normalized spacial score (nSPS) is 20.8. The predicted octanol–water partition coefficient (Wildman–Crippen LogP) is 4.72. The summed E-state index contributed by atoms with van der Waals surface area (Å²) >= 11 is 0. The Bertz CT molecular complexity index is 1910. The fraction of sp³-hybridized carbons (Fsp3) is 0.419. The summed E-state index contributed by atoms with van der Waals surface area (Å²) < 4.78 is 71.2. The smallest absolute Gasteiger partial charge is 0.370 e. The molecule has 0 saturated carbocycles. The molecular formula is C31H34F3N7O3S. The number of rotatable bonds is 6. The number of aryl methyl sites for hydroxylation is 2. The van der Waals surface area contributed by atoms with Gasteiger partial charge in [0, 0.05) is 44.4 Å². The zero-order valence-electron chi connectivity index (χ0n) is 25.2. The molecular weight excluding hydrogens is 607 g/mol. The van der Waals surface area contributed by atoms with Crippen LogP contribution in [0.1, 0.15) is 72.2 Å². The summed E-state index contributed by atoms with van der Waals surface area (Å²) in [5.41, 5.74) is 8.51. The van der Waals surface area contributed by atoms with Crippen molar-refractivity contribution in [1.82, 2.24) is 23.9 Å². The van der Waals surface area contributed by atoms with Gasteiger partial charge in [-0.1, -0.05) is 18.2 Å². The van der Waals surface area contributed by atoms with E-state index in [-0.39, 0.29) is 30.1 Å². The predicted molar refractivity (Wildman–Crippen MR) is 161 cm³/mol. The minimum Gasteiger partial charge on any atom is -0.370 e. The summed E-state index contributed by atoms with van der Waals surface area (Å²) in [4.78, 5) is 19.1. The Morgan fingerprint density at radius 2 is 1.91 bits per heavy atom. The number of sulfonamides is 1. The van der Waals surface area contributed by atoms with Crippen molar-refractivity contribution in [1.29, 1.82) is 0 Å². The molecule has 238 valence electrons. The lowest BCUT2D eigenvalue weighted by Gasteiger charge is -2.45. The molecule has 10 nitrogen and oxygen atoms in total. The molecule has 2 atom stereocenters. The van der Waals surface area contributed by atoms with E-state index in [0.29, 0.717) is 29.1 Å². The number of benzene rings is 1. The summed E-state index contributed by atoms with van der Waals surface area (Å²) in [6.07, 6.45) is 0.798. The van der Waals surface area contributed by atoms with E-state index in [9.17, 15) is 26.4 Å². The number of piperidine rings is 1. The van der Waals surface area contributed by atoms with E-state index < -0.39 is 39.4 Å². The topological polar surface area (TPSA) is 127 Å². The van der Waals surface area contributed by atoms with E-state index in [1.165, 1.54) is 16.6 Å². The minimum atomic E-state index is -4.69. The van der Waals surface area contributed by atoms with Gasteiger partial charge in [-0.05, 0) is 86.1 Å². The van der Waals surface area contributed by atoms with E-state index in [1.54, 1.807) is 25.3 Å². The fourth-order valence-corrected chi connectivity index (χ4v) is 8.46. The first kappa shape index (κ1) is 31.0. The van der Waals surface area contributed by atoms with Crippen LogP contribution in [0.5, 0.6) is 0 Å². The Morgan fingerprint density at radius 1 is 1.13 bits per heavy atom. The molecule has 0 unspecified atom stereocenters. The van der Waals surface area contributed by atoms with E-state index in [1.807, 2.05) is 25.1 Å². The number of fused-ring (bicyclic) bond motifs is 4. The highest BCUT2D eigenvalue weighted by atomic mass is 32.2. The number of amides is 1. The number of nitrogens with zero attached hydrogens (tertiary/aromatic N) is 6. The molecule has 1 saturated heterocycles. The summed E-state index contributed by atoms with van der Waals surface area (Å²) in [7, 11) is -3.93. The standard InChI is InChI=1S/C31H34F3N7O3S/c1-19-8-9-21(24(16-26(35)42)23-10-14-40-27(20(23)2)37-38-29(40)31(32,33)34)15-22(19)17-39-18-30(3)11-4-5-13-41(30)28-25(45(39,43)44)7-6-12-36-28/h6-10,12,14-15,24H,4-5,11,13,16-18H2,1-3H3,(H2,35,42)/t24-,30+/m1/s1. The molecule has 2 aliphatic rings. The number of pyridine rings is 2. The van der Waals surface area contributed by atoms with Gasteiger partial charge in [0.15, 0.2) is 5.65 Å². The van der Waals surface area contributed by atoms with Gasteiger partial charge in [-0.25, -0.2) is 13.4 Å². The molecule has 0 aliphatic carbocycles. The second kappa shape index (κ2) is 11.1. The average molecular weight is 642 g/mol. The molecule has 2 N–H and O–H groups in total. The number of anilines is 1. The van der Waals surface area contributed by atoms with Crippen LogP contribution in [0.4, 0.5) is 19.0 Å². The van der Waals surface area contributed by atoms with Crippen molar-refractivity contribution in [3.63, 3.8) is 0 Å². The Kier molecular flexibility index (Phi) is 7.63. The summed E-state index contributed by atoms with van der Waals surface area (Å²) in [6, 6.07) is 10.3. The molecule has 1 aromatic carbocycles. The first-order chi connectivity index (χ1) is 21.2. The Balaban J connectivity index is 1.42. The highest BCUT2D eigenvalue weighted by Gasteiger charge is 2.45. The minimum absolute atomic E-state index is 0.0230. The zero-order chi connectivity index (χ0) is 32.3. The molecule has 0 bridgehead atoms. The summed E-state index contributed by atoms with van der Waals surface area (Å²) in [5.74, 6) is -1.88. The van der Waals surface area contributed by atoms with Crippen LogP contribution < -0.4 is 10.6 Å². The number of carbonyl (C=O) groups is 1. The largest absolute Gasteiger partial charge is 0.452 e. The lowest BCUT2D eigenvalue weighted by atomic mass is 9.85. The van der Waals surface area contributed by atoms with Crippen molar-refractivity contribution in [2.45, 2.75) is 75.5 Å². The van der Waals surface area contributed by atoms with Crippen LogP contribution in [0.2, 0.25) is 0 Å². The number of halogens is 3. The van der Waals surface area contributed by atoms with Crippen molar-refractivity contribution < 1.29 is 26.4 Å². The summed E-state index contributed by atoms with van der Waals surface area (Å²) in [6.45, 7) is 6.67. The van der Waals surface area contributed by atoms with E-state index in [4.69, 9.17) is 5.73 Å². The van der Waals surface area contributed by atoms with Crippen LogP contribution in [0, 0.1) is 13.8 Å². The number of alkyl halides is 3. The Labute approximate surface area is 259 Å². The molecule has 1 fully saturated rings. The first-order valence-corrected chi connectivity index (χ1v) is 16.2. The number of primary amides is 1. The van der Waals surface area contributed by atoms with Crippen LogP contribution in [-0.2, 0) is 27.5 Å². The molecule has 14 heteroatoms. The maximum absolute atomic E-state index is 14.2. The molecule has 6 rings (SSSR count). The fourth-order valence-electron chi connectivity index (χ4n) is 6.78. The highest BCUT2D eigenvalue weighted by Crippen LogP contribution is 2.41. The van der Waals surface area contributed by atoms with Gasteiger partial charge in [-0.15, -0.1) is 10.2 Å². The lowest BCUT2D eigenvalue weighted by molar-refractivity contribution is -0.145. The SMILES string of the molecule is Cc1ccc([C@@H](CC(N)=O)c2ccn3c(C(F)(F)F)nnc3c2C)cc1CN1C[C@]2(C)CCCCN2c2ncccc2S1(=O)=O. The molecule has 0 radical (unpaired) electrons. The second-order valence-corrected chi connectivity index (χ2v) is 14.1. The van der Waals surface area contributed by atoms with Crippen LogP contribution in [0.3, 0.4) is 0 Å². The second-order valence-electron chi connectivity index (χ2n) is 12.2. The van der Waals surface area contributed by atoms with Crippen LogP contribution in [-0.4, -0.2) is 56.8 Å². The summed E-state index contributed by atoms with van der Waals surface area (Å²) in [5, 5.41) is 7.14.